The second-order valence-corrected chi connectivity index (χ2v) is 4.23. The Hall–Kier alpha value is -1.28. The van der Waals surface area contributed by atoms with Crippen LogP contribution in [0.4, 0.5) is 0 Å². The number of carbonyl (C=O) groups is 1. The van der Waals surface area contributed by atoms with Crippen molar-refractivity contribution in [1.29, 1.82) is 0 Å². The van der Waals surface area contributed by atoms with Gasteiger partial charge in [0, 0.05) is 5.02 Å². The third-order valence-corrected chi connectivity index (χ3v) is 3.05. The largest absolute Gasteiger partial charge is 0.496 e. The highest BCUT2D eigenvalue weighted by atomic mass is 35.5. The van der Waals surface area contributed by atoms with Crippen LogP contribution >= 0.6 is 11.6 Å². The number of hydrogen-bond acceptors (Lipinski definition) is 2. The third-order valence-electron chi connectivity index (χ3n) is 2.65. The molecule has 0 N–H and O–H groups in total. The number of allylic oxidation sites excluding steroid dienone is 1. The minimum Gasteiger partial charge on any atom is -0.496 e. The molecule has 1 aromatic carbocycles. The van der Waals surface area contributed by atoms with E-state index in [1.54, 1.807) is 6.07 Å². The van der Waals surface area contributed by atoms with Crippen molar-refractivity contribution in [1.82, 2.24) is 0 Å². The molecular weight excluding hydrogens is 236 g/mol. The van der Waals surface area contributed by atoms with Crippen molar-refractivity contribution in [2.45, 2.75) is 26.7 Å². The molecule has 0 amide bonds. The fourth-order valence-electron chi connectivity index (χ4n) is 1.64. The van der Waals surface area contributed by atoms with E-state index in [2.05, 4.69) is 6.92 Å². The predicted molar refractivity (Wildman–Crippen MR) is 72.1 cm³/mol. The highest BCUT2D eigenvalue weighted by molar-refractivity contribution is 6.32. The number of ether oxygens (including phenoxy) is 1. The van der Waals surface area contributed by atoms with Gasteiger partial charge in [-0.05, 0) is 30.5 Å². The first-order chi connectivity index (χ1) is 8.15. The fourth-order valence-corrected chi connectivity index (χ4v) is 1.84. The first-order valence-corrected chi connectivity index (χ1v) is 6.02. The molecule has 0 aliphatic rings. The molecule has 0 saturated heterocycles. The van der Waals surface area contributed by atoms with Gasteiger partial charge in [0.1, 0.15) is 5.75 Å². The van der Waals surface area contributed by atoms with Gasteiger partial charge in [0.05, 0.1) is 12.7 Å². The Morgan fingerprint density at radius 1 is 1.41 bits per heavy atom. The van der Waals surface area contributed by atoms with Crippen LogP contribution in [-0.4, -0.2) is 13.4 Å². The van der Waals surface area contributed by atoms with Gasteiger partial charge in [-0.15, -0.1) is 0 Å². The quantitative estimate of drug-likeness (QED) is 0.731. The fraction of sp³-hybridized carbons (Fsp3) is 0.357. The molecule has 0 aliphatic carbocycles. The van der Waals surface area contributed by atoms with Crippen molar-refractivity contribution < 1.29 is 9.53 Å². The van der Waals surface area contributed by atoms with Gasteiger partial charge in [-0.2, -0.15) is 0 Å². The van der Waals surface area contributed by atoms with Crippen LogP contribution in [0.1, 0.15) is 41.3 Å². The van der Waals surface area contributed by atoms with Crippen molar-refractivity contribution in [2.24, 2.45) is 0 Å². The third kappa shape index (κ3) is 3.10. The molecule has 2 nitrogen and oxygen atoms in total. The lowest BCUT2D eigenvalue weighted by Crippen LogP contribution is -1.97. The van der Waals surface area contributed by atoms with Crippen molar-refractivity contribution in [3.8, 4) is 5.75 Å². The first kappa shape index (κ1) is 13.8. The second-order valence-electron chi connectivity index (χ2n) is 3.82. The molecule has 0 unspecified atom stereocenters. The van der Waals surface area contributed by atoms with E-state index in [1.165, 1.54) is 7.11 Å². The molecule has 92 valence electrons. The smallest absolute Gasteiger partial charge is 0.154 e. The standard InChI is InChI=1S/C14H17ClO2/c1-4-5-6-7-11-10(2)13(15)8-14(17-3)12(11)9-16/h6-9H,4-5H2,1-3H3/b7-6-. The van der Waals surface area contributed by atoms with Crippen LogP contribution in [-0.2, 0) is 0 Å². The minimum atomic E-state index is 0.520. The van der Waals surface area contributed by atoms with E-state index in [1.807, 2.05) is 19.1 Å². The van der Waals surface area contributed by atoms with E-state index >= 15 is 0 Å². The Kier molecular flexibility index (Phi) is 5.23. The molecule has 1 aromatic rings. The van der Waals surface area contributed by atoms with Crippen LogP contribution in [0.2, 0.25) is 5.02 Å². The molecule has 0 aromatic heterocycles. The summed E-state index contributed by atoms with van der Waals surface area (Å²) in [5, 5.41) is 0.614. The molecule has 0 radical (unpaired) electrons. The SMILES string of the molecule is CCC/C=C\c1c(C)c(Cl)cc(OC)c1C=O. The lowest BCUT2D eigenvalue weighted by atomic mass is 10.0. The molecule has 0 bridgehead atoms. The molecule has 3 heteroatoms. The lowest BCUT2D eigenvalue weighted by Gasteiger charge is -2.11. The monoisotopic (exact) mass is 252 g/mol. The van der Waals surface area contributed by atoms with Crippen LogP contribution in [0.15, 0.2) is 12.1 Å². The molecular formula is C14H17ClO2. The summed E-state index contributed by atoms with van der Waals surface area (Å²) in [6.07, 6.45) is 6.85. The van der Waals surface area contributed by atoms with Crippen LogP contribution < -0.4 is 4.74 Å². The number of halogens is 1. The number of aldehydes is 1. The predicted octanol–water partition coefficient (Wildman–Crippen LogP) is 4.28. The van der Waals surface area contributed by atoms with Gasteiger partial charge in [-0.1, -0.05) is 37.1 Å². The topological polar surface area (TPSA) is 26.3 Å². The Labute approximate surface area is 107 Å². The van der Waals surface area contributed by atoms with Crippen molar-refractivity contribution in [3.63, 3.8) is 0 Å². The van der Waals surface area contributed by atoms with E-state index in [4.69, 9.17) is 16.3 Å². The van der Waals surface area contributed by atoms with Crippen LogP contribution in [0.5, 0.6) is 5.75 Å². The van der Waals surface area contributed by atoms with Crippen LogP contribution in [0.3, 0.4) is 0 Å². The van der Waals surface area contributed by atoms with E-state index in [0.29, 0.717) is 16.3 Å². The summed E-state index contributed by atoms with van der Waals surface area (Å²) in [6.45, 7) is 4.01. The Morgan fingerprint density at radius 2 is 2.12 bits per heavy atom. The molecule has 1 rings (SSSR count). The van der Waals surface area contributed by atoms with Crippen LogP contribution in [0, 0.1) is 6.92 Å². The lowest BCUT2D eigenvalue weighted by molar-refractivity contribution is 0.112. The van der Waals surface area contributed by atoms with E-state index in [-0.39, 0.29) is 0 Å². The highest BCUT2D eigenvalue weighted by Gasteiger charge is 2.12. The summed E-state index contributed by atoms with van der Waals surface area (Å²) < 4.78 is 5.17. The Balaban J connectivity index is 3.33. The van der Waals surface area contributed by atoms with E-state index in [0.717, 1.165) is 30.3 Å². The minimum absolute atomic E-state index is 0.520. The van der Waals surface area contributed by atoms with Gasteiger partial charge in [-0.3, -0.25) is 4.79 Å². The van der Waals surface area contributed by atoms with Gasteiger partial charge in [0.15, 0.2) is 6.29 Å². The number of hydrogen-bond donors (Lipinski definition) is 0. The summed E-state index contributed by atoms with van der Waals surface area (Å²) in [5.74, 6) is 0.520. The van der Waals surface area contributed by atoms with Gasteiger partial charge in [-0.25, -0.2) is 0 Å². The second kappa shape index (κ2) is 6.45. The van der Waals surface area contributed by atoms with Crippen LogP contribution in [0.25, 0.3) is 6.08 Å². The first-order valence-electron chi connectivity index (χ1n) is 5.64. The molecule has 0 aliphatic heterocycles. The normalized spacial score (nSPS) is 10.8. The molecule has 0 heterocycles. The summed E-state index contributed by atoms with van der Waals surface area (Å²) in [5.41, 5.74) is 2.31. The molecule has 0 fully saturated rings. The number of benzene rings is 1. The Bertz CT molecular complexity index is 436. The number of unbranched alkanes of at least 4 members (excludes halogenated alkanes) is 1. The number of rotatable bonds is 5. The van der Waals surface area contributed by atoms with Crippen molar-refractivity contribution in [3.05, 3.63) is 33.9 Å². The maximum Gasteiger partial charge on any atom is 0.154 e. The summed E-state index contributed by atoms with van der Waals surface area (Å²) in [7, 11) is 1.54. The van der Waals surface area contributed by atoms with Gasteiger partial charge in [0.25, 0.3) is 0 Å². The van der Waals surface area contributed by atoms with Crippen molar-refractivity contribution >= 4 is 24.0 Å². The molecule has 17 heavy (non-hydrogen) atoms. The zero-order valence-corrected chi connectivity index (χ0v) is 11.2. The number of carbonyl (C=O) groups excluding carboxylic acids is 1. The van der Waals surface area contributed by atoms with Gasteiger partial charge < -0.3 is 4.74 Å². The number of methoxy groups -OCH3 is 1. The van der Waals surface area contributed by atoms with Gasteiger partial charge in [0.2, 0.25) is 0 Å². The summed E-state index contributed by atoms with van der Waals surface area (Å²) in [6, 6.07) is 1.68. The van der Waals surface area contributed by atoms with E-state index < -0.39 is 0 Å². The zero-order chi connectivity index (χ0) is 12.8. The van der Waals surface area contributed by atoms with E-state index in [9.17, 15) is 4.79 Å². The average Bonchev–Trinajstić information content (AvgIpc) is 2.34. The maximum atomic E-state index is 11.1. The maximum absolute atomic E-state index is 11.1. The highest BCUT2D eigenvalue weighted by Crippen LogP contribution is 2.31. The average molecular weight is 253 g/mol. The molecule has 0 atom stereocenters. The van der Waals surface area contributed by atoms with Gasteiger partial charge >= 0.3 is 0 Å². The Morgan fingerprint density at radius 3 is 2.65 bits per heavy atom. The summed E-state index contributed by atoms with van der Waals surface area (Å²) in [4.78, 5) is 11.1. The molecule has 0 saturated carbocycles. The molecule has 0 spiro atoms. The zero-order valence-electron chi connectivity index (χ0n) is 10.4. The summed E-state index contributed by atoms with van der Waals surface area (Å²) >= 11 is 6.11. The van der Waals surface area contributed by atoms with Crippen molar-refractivity contribution in [2.75, 3.05) is 7.11 Å².